The summed E-state index contributed by atoms with van der Waals surface area (Å²) in [5, 5.41) is 8.75. The summed E-state index contributed by atoms with van der Waals surface area (Å²) in [6.45, 7) is 0.820. The number of aromatic amines is 1. The van der Waals surface area contributed by atoms with Crippen LogP contribution in [0.5, 0.6) is 0 Å². The van der Waals surface area contributed by atoms with Gasteiger partial charge in [-0.15, -0.1) is 12.4 Å². The molecule has 0 aromatic carbocycles. The van der Waals surface area contributed by atoms with Crippen LogP contribution in [0.4, 0.5) is 5.82 Å². The van der Waals surface area contributed by atoms with Gasteiger partial charge in [0.15, 0.2) is 0 Å². The molecule has 1 aromatic heterocycles. The maximum atomic E-state index is 8.75. The molecular weight excluding hydrogens is 202 g/mol. The average molecular weight is 218 g/mol. The van der Waals surface area contributed by atoms with Crippen LogP contribution in [0.3, 0.4) is 0 Å². The van der Waals surface area contributed by atoms with Gasteiger partial charge < -0.3 is 15.0 Å². The van der Waals surface area contributed by atoms with Gasteiger partial charge in [-0.3, -0.25) is 0 Å². The van der Waals surface area contributed by atoms with Crippen LogP contribution < -0.4 is 4.90 Å². The van der Waals surface area contributed by atoms with Crippen LogP contribution in [-0.2, 0) is 0 Å². The topological polar surface area (TPSA) is 52.1 Å². The smallest absolute Gasteiger partial charge is 0.125 e. The van der Waals surface area contributed by atoms with Gasteiger partial charge in [0, 0.05) is 19.5 Å². The van der Waals surface area contributed by atoms with Crippen molar-refractivity contribution >= 4 is 18.2 Å². The monoisotopic (exact) mass is 217 g/mol. The summed E-state index contributed by atoms with van der Waals surface area (Å²) in [6, 6.07) is 0. The first-order valence-electron chi connectivity index (χ1n) is 4.68. The second-order valence-corrected chi connectivity index (χ2v) is 3.57. The lowest BCUT2D eigenvalue weighted by molar-refractivity contribution is 0.304. The van der Waals surface area contributed by atoms with Crippen molar-refractivity contribution in [1.29, 1.82) is 0 Å². The Morgan fingerprint density at radius 3 is 2.93 bits per heavy atom. The fraction of sp³-hybridized carbons (Fsp3) is 0.667. The number of nitrogens with zero attached hydrogens (tertiary/aromatic N) is 2. The molecule has 1 heterocycles. The molecule has 1 saturated carbocycles. The van der Waals surface area contributed by atoms with Gasteiger partial charge in [0.05, 0.1) is 12.8 Å². The Hall–Kier alpha value is -0.740. The number of halogens is 1. The zero-order valence-corrected chi connectivity index (χ0v) is 9.05. The molecular formula is C9H16ClN3O. The van der Waals surface area contributed by atoms with E-state index >= 15 is 0 Å². The molecule has 0 bridgehead atoms. The summed E-state index contributed by atoms with van der Waals surface area (Å²) in [6.07, 6.45) is 4.36. The van der Waals surface area contributed by atoms with Gasteiger partial charge in [-0.05, 0) is 12.8 Å². The molecule has 1 aromatic rings. The normalized spacial score (nSPS) is 15.0. The van der Waals surface area contributed by atoms with Crippen molar-refractivity contribution in [2.24, 2.45) is 0 Å². The van der Waals surface area contributed by atoms with Crippen molar-refractivity contribution in [2.45, 2.75) is 18.8 Å². The zero-order valence-electron chi connectivity index (χ0n) is 8.23. The molecule has 80 valence electrons. The SMILES string of the molecule is CN(CCO)c1cnc(C2CC2)[nH]1.Cl. The summed E-state index contributed by atoms with van der Waals surface area (Å²) >= 11 is 0. The number of hydrogen-bond donors (Lipinski definition) is 2. The molecule has 1 aliphatic rings. The lowest BCUT2D eigenvalue weighted by Crippen LogP contribution is -2.21. The number of nitrogens with one attached hydrogen (secondary N) is 1. The fourth-order valence-electron chi connectivity index (χ4n) is 1.36. The minimum atomic E-state index is 0. The summed E-state index contributed by atoms with van der Waals surface area (Å²) < 4.78 is 0. The molecule has 14 heavy (non-hydrogen) atoms. The molecule has 1 fully saturated rings. The molecule has 2 rings (SSSR count). The summed E-state index contributed by atoms with van der Waals surface area (Å²) in [4.78, 5) is 9.54. The van der Waals surface area contributed by atoms with E-state index in [-0.39, 0.29) is 19.0 Å². The second-order valence-electron chi connectivity index (χ2n) is 3.57. The van der Waals surface area contributed by atoms with Crippen molar-refractivity contribution in [3.05, 3.63) is 12.0 Å². The first-order valence-corrected chi connectivity index (χ1v) is 4.68. The first-order chi connectivity index (χ1) is 6.31. The fourth-order valence-corrected chi connectivity index (χ4v) is 1.36. The number of H-pyrrole nitrogens is 1. The molecule has 2 N–H and O–H groups in total. The predicted octanol–water partition coefficient (Wildman–Crippen LogP) is 1.14. The highest BCUT2D eigenvalue weighted by Gasteiger charge is 2.26. The predicted molar refractivity (Wildman–Crippen MR) is 58.2 cm³/mol. The number of likely N-dealkylation sites (N-methyl/N-ethyl adjacent to an activating group) is 1. The molecule has 0 saturated heterocycles. The highest BCUT2D eigenvalue weighted by atomic mass is 35.5. The van der Waals surface area contributed by atoms with E-state index in [0.717, 1.165) is 11.6 Å². The van der Waals surface area contributed by atoms with Crippen LogP contribution >= 0.6 is 12.4 Å². The Bertz CT molecular complexity index is 285. The molecule has 5 heteroatoms. The van der Waals surface area contributed by atoms with Gasteiger partial charge in [0.1, 0.15) is 11.6 Å². The highest BCUT2D eigenvalue weighted by Crippen LogP contribution is 2.38. The Morgan fingerprint density at radius 1 is 1.64 bits per heavy atom. The van der Waals surface area contributed by atoms with Crippen LogP contribution in [0, 0.1) is 0 Å². The van der Waals surface area contributed by atoms with Crippen molar-refractivity contribution in [3.63, 3.8) is 0 Å². The molecule has 0 radical (unpaired) electrons. The van der Waals surface area contributed by atoms with E-state index in [0.29, 0.717) is 12.5 Å². The Balaban J connectivity index is 0.000000980. The molecule has 1 aliphatic carbocycles. The number of anilines is 1. The van der Waals surface area contributed by atoms with Gasteiger partial charge in [0.25, 0.3) is 0 Å². The maximum Gasteiger partial charge on any atom is 0.125 e. The Kier molecular flexibility index (Phi) is 3.77. The van der Waals surface area contributed by atoms with Crippen molar-refractivity contribution in [1.82, 2.24) is 9.97 Å². The molecule has 4 nitrogen and oxygen atoms in total. The van der Waals surface area contributed by atoms with Crippen LogP contribution in [0.1, 0.15) is 24.6 Å². The lowest BCUT2D eigenvalue weighted by Gasteiger charge is -2.14. The number of imidazole rings is 1. The van der Waals surface area contributed by atoms with Gasteiger partial charge in [-0.1, -0.05) is 0 Å². The maximum absolute atomic E-state index is 8.75. The molecule has 0 spiro atoms. The van der Waals surface area contributed by atoms with Crippen molar-refractivity contribution in [3.8, 4) is 0 Å². The third-order valence-corrected chi connectivity index (χ3v) is 2.39. The van der Waals surface area contributed by atoms with Gasteiger partial charge in [0.2, 0.25) is 0 Å². The molecule has 0 aliphatic heterocycles. The van der Waals surface area contributed by atoms with Crippen LogP contribution in [0.2, 0.25) is 0 Å². The van der Waals surface area contributed by atoms with E-state index in [4.69, 9.17) is 5.11 Å². The van der Waals surface area contributed by atoms with Crippen molar-refractivity contribution in [2.75, 3.05) is 25.1 Å². The lowest BCUT2D eigenvalue weighted by atomic mass is 10.4. The number of hydrogen-bond acceptors (Lipinski definition) is 3. The van der Waals surface area contributed by atoms with Crippen LogP contribution in [-0.4, -0.2) is 35.3 Å². The van der Waals surface area contributed by atoms with Crippen LogP contribution in [0.25, 0.3) is 0 Å². The number of rotatable bonds is 4. The standard InChI is InChI=1S/C9H15N3O.ClH/c1-12(4-5-13)8-6-10-9(11-8)7-2-3-7;/h6-7,13H,2-5H2,1H3,(H,10,11);1H. The first kappa shape index (κ1) is 11.3. The Labute approximate surface area is 89.8 Å². The largest absolute Gasteiger partial charge is 0.395 e. The van der Waals surface area contributed by atoms with Gasteiger partial charge in [-0.25, -0.2) is 4.98 Å². The summed E-state index contributed by atoms with van der Waals surface area (Å²) in [5.74, 6) is 2.76. The number of aliphatic hydroxyl groups excluding tert-OH is 1. The highest BCUT2D eigenvalue weighted by molar-refractivity contribution is 5.85. The van der Waals surface area contributed by atoms with Gasteiger partial charge >= 0.3 is 0 Å². The quantitative estimate of drug-likeness (QED) is 0.795. The van der Waals surface area contributed by atoms with Crippen molar-refractivity contribution < 1.29 is 5.11 Å². The van der Waals surface area contributed by atoms with E-state index in [1.807, 2.05) is 18.1 Å². The van der Waals surface area contributed by atoms with E-state index in [1.165, 1.54) is 12.8 Å². The van der Waals surface area contributed by atoms with E-state index in [2.05, 4.69) is 9.97 Å². The second kappa shape index (κ2) is 4.66. The third kappa shape index (κ3) is 2.39. The summed E-state index contributed by atoms with van der Waals surface area (Å²) in [7, 11) is 1.94. The van der Waals surface area contributed by atoms with Gasteiger partial charge in [-0.2, -0.15) is 0 Å². The molecule has 0 unspecified atom stereocenters. The molecule has 0 amide bonds. The zero-order chi connectivity index (χ0) is 9.26. The van der Waals surface area contributed by atoms with E-state index in [9.17, 15) is 0 Å². The average Bonchev–Trinajstić information content (AvgIpc) is 2.84. The van der Waals surface area contributed by atoms with Crippen LogP contribution in [0.15, 0.2) is 6.20 Å². The molecule has 0 atom stereocenters. The minimum Gasteiger partial charge on any atom is -0.395 e. The number of aliphatic hydroxyl groups is 1. The van der Waals surface area contributed by atoms with E-state index < -0.39 is 0 Å². The number of aromatic nitrogens is 2. The Morgan fingerprint density at radius 2 is 2.36 bits per heavy atom. The van der Waals surface area contributed by atoms with E-state index in [1.54, 1.807) is 0 Å². The summed E-state index contributed by atoms with van der Waals surface area (Å²) in [5.41, 5.74) is 0. The third-order valence-electron chi connectivity index (χ3n) is 2.39. The minimum absolute atomic E-state index is 0.